The van der Waals surface area contributed by atoms with Crippen molar-refractivity contribution in [2.45, 2.75) is 32.6 Å². The van der Waals surface area contributed by atoms with Crippen LogP contribution in [0.3, 0.4) is 0 Å². The van der Waals surface area contributed by atoms with Gasteiger partial charge in [-0.05, 0) is 25.3 Å². The molecular formula is C10H20N2S. The van der Waals surface area contributed by atoms with E-state index in [4.69, 9.17) is 18.0 Å². The maximum atomic E-state index is 5.53. The van der Waals surface area contributed by atoms with Crippen molar-refractivity contribution in [1.82, 2.24) is 4.90 Å². The first-order chi connectivity index (χ1) is 6.22. The molecule has 0 radical (unpaired) electrons. The summed E-state index contributed by atoms with van der Waals surface area (Å²) >= 11 is 4.92. The maximum Gasteiger partial charge on any atom is 0.0870 e. The molecule has 1 fully saturated rings. The fourth-order valence-corrected chi connectivity index (χ4v) is 2.27. The van der Waals surface area contributed by atoms with Gasteiger partial charge in [0.2, 0.25) is 0 Å². The van der Waals surface area contributed by atoms with Crippen LogP contribution in [0.5, 0.6) is 0 Å². The van der Waals surface area contributed by atoms with Gasteiger partial charge < -0.3 is 5.73 Å². The Labute approximate surface area is 86.5 Å². The van der Waals surface area contributed by atoms with Crippen LogP contribution < -0.4 is 5.73 Å². The lowest BCUT2D eigenvalue weighted by Gasteiger charge is -2.23. The summed E-state index contributed by atoms with van der Waals surface area (Å²) < 4.78 is 0. The van der Waals surface area contributed by atoms with E-state index in [2.05, 4.69) is 11.8 Å². The molecule has 2 N–H and O–H groups in total. The van der Waals surface area contributed by atoms with Crippen molar-refractivity contribution in [3.05, 3.63) is 0 Å². The zero-order chi connectivity index (χ0) is 9.68. The van der Waals surface area contributed by atoms with Crippen LogP contribution in [0.2, 0.25) is 0 Å². The van der Waals surface area contributed by atoms with Crippen molar-refractivity contribution in [3.63, 3.8) is 0 Å². The van der Waals surface area contributed by atoms with Crippen LogP contribution in [0.4, 0.5) is 0 Å². The first-order valence-electron chi connectivity index (χ1n) is 5.23. The molecule has 0 unspecified atom stereocenters. The van der Waals surface area contributed by atoms with Crippen LogP contribution in [-0.4, -0.2) is 29.5 Å². The van der Waals surface area contributed by atoms with E-state index in [1.54, 1.807) is 0 Å². The standard InChI is InChI=1S/C10H20N2S/c1-2-12(8-10(11)13)7-9-5-3-4-6-9/h9H,2-8H2,1H3,(H2,11,13). The van der Waals surface area contributed by atoms with E-state index in [0.717, 1.165) is 19.0 Å². The van der Waals surface area contributed by atoms with E-state index in [-0.39, 0.29) is 0 Å². The molecule has 0 bridgehead atoms. The quantitative estimate of drug-likeness (QED) is 0.686. The molecule has 1 aliphatic rings. The van der Waals surface area contributed by atoms with Gasteiger partial charge in [0.25, 0.3) is 0 Å². The normalized spacial score (nSPS) is 18.3. The second-order valence-electron chi connectivity index (χ2n) is 3.94. The average molecular weight is 200 g/mol. The molecular weight excluding hydrogens is 180 g/mol. The van der Waals surface area contributed by atoms with E-state index >= 15 is 0 Å². The summed E-state index contributed by atoms with van der Waals surface area (Å²) in [5.41, 5.74) is 5.53. The molecule has 0 spiro atoms. The molecule has 0 aromatic rings. The minimum absolute atomic E-state index is 0.625. The Hall–Kier alpha value is -0.150. The van der Waals surface area contributed by atoms with Crippen LogP contribution in [0.15, 0.2) is 0 Å². The van der Waals surface area contributed by atoms with Crippen LogP contribution in [0.25, 0.3) is 0 Å². The average Bonchev–Trinajstić information content (AvgIpc) is 2.55. The second-order valence-corrected chi connectivity index (χ2v) is 4.47. The third-order valence-electron chi connectivity index (χ3n) is 2.82. The summed E-state index contributed by atoms with van der Waals surface area (Å²) in [6.45, 7) is 5.22. The van der Waals surface area contributed by atoms with Gasteiger partial charge in [-0.15, -0.1) is 0 Å². The summed E-state index contributed by atoms with van der Waals surface area (Å²) in [7, 11) is 0. The summed E-state index contributed by atoms with van der Waals surface area (Å²) in [6, 6.07) is 0. The van der Waals surface area contributed by atoms with Crippen molar-refractivity contribution in [3.8, 4) is 0 Å². The number of hydrogen-bond donors (Lipinski definition) is 1. The minimum Gasteiger partial charge on any atom is -0.392 e. The summed E-state index contributed by atoms with van der Waals surface area (Å²) in [4.78, 5) is 2.98. The molecule has 1 saturated carbocycles. The largest absolute Gasteiger partial charge is 0.392 e. The van der Waals surface area contributed by atoms with Gasteiger partial charge in [0.1, 0.15) is 0 Å². The van der Waals surface area contributed by atoms with E-state index in [1.807, 2.05) is 0 Å². The number of likely N-dealkylation sites (N-methyl/N-ethyl adjacent to an activating group) is 1. The Kier molecular flexibility index (Phi) is 4.67. The Balaban J connectivity index is 2.25. The molecule has 3 heteroatoms. The van der Waals surface area contributed by atoms with Crippen molar-refractivity contribution in [1.29, 1.82) is 0 Å². The molecule has 0 aliphatic heterocycles. The highest BCUT2D eigenvalue weighted by atomic mass is 32.1. The van der Waals surface area contributed by atoms with Gasteiger partial charge in [-0.25, -0.2) is 0 Å². The first kappa shape index (κ1) is 10.9. The maximum absolute atomic E-state index is 5.53. The lowest BCUT2D eigenvalue weighted by molar-refractivity contribution is 0.273. The molecule has 0 aromatic carbocycles. The number of nitrogens with zero attached hydrogens (tertiary/aromatic N) is 1. The summed E-state index contributed by atoms with van der Waals surface area (Å²) in [6.07, 6.45) is 5.62. The van der Waals surface area contributed by atoms with Crippen molar-refractivity contribution < 1.29 is 0 Å². The predicted molar refractivity (Wildman–Crippen MR) is 60.9 cm³/mol. The third-order valence-corrected chi connectivity index (χ3v) is 2.95. The van der Waals surface area contributed by atoms with Gasteiger partial charge in [0.05, 0.1) is 4.99 Å². The SMILES string of the molecule is CCN(CC(N)=S)CC1CCCC1. The van der Waals surface area contributed by atoms with Crippen molar-refractivity contribution >= 4 is 17.2 Å². The van der Waals surface area contributed by atoms with E-state index in [9.17, 15) is 0 Å². The molecule has 0 aromatic heterocycles. The number of nitrogens with two attached hydrogens (primary N) is 1. The molecule has 0 saturated heterocycles. The molecule has 0 amide bonds. The van der Waals surface area contributed by atoms with Crippen molar-refractivity contribution in [2.24, 2.45) is 11.7 Å². The first-order valence-corrected chi connectivity index (χ1v) is 5.64. The number of hydrogen-bond acceptors (Lipinski definition) is 2. The highest BCUT2D eigenvalue weighted by Gasteiger charge is 2.17. The molecule has 1 rings (SSSR count). The van der Waals surface area contributed by atoms with Gasteiger partial charge in [-0.1, -0.05) is 32.0 Å². The molecule has 2 nitrogen and oxygen atoms in total. The van der Waals surface area contributed by atoms with E-state index in [1.165, 1.54) is 32.2 Å². The fraction of sp³-hybridized carbons (Fsp3) is 0.900. The Morgan fingerprint density at radius 3 is 2.54 bits per heavy atom. The lowest BCUT2D eigenvalue weighted by Crippen LogP contribution is -2.35. The Morgan fingerprint density at radius 2 is 2.08 bits per heavy atom. The van der Waals surface area contributed by atoms with Gasteiger partial charge in [0, 0.05) is 13.1 Å². The molecule has 76 valence electrons. The molecule has 0 heterocycles. The van der Waals surface area contributed by atoms with Crippen molar-refractivity contribution in [2.75, 3.05) is 19.6 Å². The third kappa shape index (κ3) is 4.05. The van der Waals surface area contributed by atoms with Gasteiger partial charge in [-0.3, -0.25) is 4.90 Å². The smallest absolute Gasteiger partial charge is 0.0870 e. The topological polar surface area (TPSA) is 29.3 Å². The second kappa shape index (κ2) is 5.55. The number of thiocarbonyl (C=S) groups is 1. The highest BCUT2D eigenvalue weighted by molar-refractivity contribution is 7.80. The summed E-state index contributed by atoms with van der Waals surface area (Å²) in [5, 5.41) is 0. The zero-order valence-corrected chi connectivity index (χ0v) is 9.28. The lowest BCUT2D eigenvalue weighted by atomic mass is 10.1. The van der Waals surface area contributed by atoms with Crippen LogP contribution in [0.1, 0.15) is 32.6 Å². The summed E-state index contributed by atoms with van der Waals surface area (Å²) in [5.74, 6) is 0.897. The zero-order valence-electron chi connectivity index (χ0n) is 8.46. The van der Waals surface area contributed by atoms with E-state index < -0.39 is 0 Å². The Bertz CT molecular complexity index is 164. The molecule has 0 atom stereocenters. The highest BCUT2D eigenvalue weighted by Crippen LogP contribution is 2.25. The van der Waals surface area contributed by atoms with Crippen LogP contribution in [0, 0.1) is 5.92 Å². The molecule has 13 heavy (non-hydrogen) atoms. The van der Waals surface area contributed by atoms with E-state index in [0.29, 0.717) is 4.99 Å². The predicted octanol–water partition coefficient (Wildman–Crippen LogP) is 1.78. The van der Waals surface area contributed by atoms with Gasteiger partial charge >= 0.3 is 0 Å². The Morgan fingerprint density at radius 1 is 1.46 bits per heavy atom. The van der Waals surface area contributed by atoms with Gasteiger partial charge in [0.15, 0.2) is 0 Å². The number of rotatable bonds is 5. The fourth-order valence-electron chi connectivity index (χ4n) is 2.08. The monoisotopic (exact) mass is 200 g/mol. The van der Waals surface area contributed by atoms with Crippen LogP contribution in [-0.2, 0) is 0 Å². The van der Waals surface area contributed by atoms with Crippen LogP contribution >= 0.6 is 12.2 Å². The minimum atomic E-state index is 0.625. The van der Waals surface area contributed by atoms with Gasteiger partial charge in [-0.2, -0.15) is 0 Å². The molecule has 1 aliphatic carbocycles.